The summed E-state index contributed by atoms with van der Waals surface area (Å²) in [5.41, 5.74) is 2.88. The van der Waals surface area contributed by atoms with Crippen molar-refractivity contribution >= 4 is 17.7 Å². The van der Waals surface area contributed by atoms with Gasteiger partial charge in [0.2, 0.25) is 6.10 Å². The van der Waals surface area contributed by atoms with Gasteiger partial charge in [0.05, 0.1) is 6.42 Å². The molecule has 1 aliphatic rings. The van der Waals surface area contributed by atoms with E-state index in [1.807, 2.05) is 44.2 Å². The molecule has 4 rings (SSSR count). The first kappa shape index (κ1) is 19.0. The van der Waals surface area contributed by atoms with Crippen LogP contribution in [0.15, 0.2) is 36.7 Å². The fourth-order valence-corrected chi connectivity index (χ4v) is 3.72. The van der Waals surface area contributed by atoms with Crippen molar-refractivity contribution in [3.05, 3.63) is 59.2 Å². The average molecular weight is 393 g/mol. The first-order valence-corrected chi connectivity index (χ1v) is 9.73. The zero-order valence-electron chi connectivity index (χ0n) is 16.5. The van der Waals surface area contributed by atoms with Crippen LogP contribution in [-0.2, 0) is 20.7 Å². The van der Waals surface area contributed by atoms with Gasteiger partial charge in [-0.25, -0.2) is 9.50 Å². The summed E-state index contributed by atoms with van der Waals surface area (Å²) in [5, 5.41) is 4.15. The lowest BCUT2D eigenvalue weighted by Crippen LogP contribution is -2.35. The highest BCUT2D eigenvalue weighted by Crippen LogP contribution is 2.24. The average Bonchev–Trinajstić information content (AvgIpc) is 3.41. The zero-order chi connectivity index (χ0) is 20.4. The Kier molecular flexibility index (Phi) is 5.24. The molecule has 3 heterocycles. The molecule has 8 nitrogen and oxygen atoms in total. The Bertz CT molecular complexity index is 1040. The maximum atomic E-state index is 13.0. The number of benzene rings is 1. The summed E-state index contributed by atoms with van der Waals surface area (Å²) in [4.78, 5) is 36.1. The standard InChI is InChI=1S/C21H23N5O3/c1-14-17(15(2)26-21(24-14)22-13-23-26)12-18(27)29-19(16-8-4-3-5-9-16)20(28)25-10-6-7-11-25/h3-5,8-9,13,19H,6-7,10-12H2,1-2H3/t19-/m1/s1. The quantitative estimate of drug-likeness (QED) is 0.617. The molecule has 2 aromatic heterocycles. The van der Waals surface area contributed by atoms with Crippen LogP contribution < -0.4 is 0 Å². The monoisotopic (exact) mass is 393 g/mol. The number of carbonyl (C=O) groups excluding carboxylic acids is 2. The molecule has 8 heteroatoms. The van der Waals surface area contributed by atoms with E-state index in [1.54, 1.807) is 9.42 Å². The lowest BCUT2D eigenvalue weighted by molar-refractivity contribution is -0.160. The van der Waals surface area contributed by atoms with Crippen molar-refractivity contribution in [1.82, 2.24) is 24.5 Å². The minimum atomic E-state index is -0.939. The molecule has 0 unspecified atom stereocenters. The van der Waals surface area contributed by atoms with Crippen molar-refractivity contribution in [2.45, 2.75) is 39.2 Å². The largest absolute Gasteiger partial charge is 0.447 e. The number of ether oxygens (including phenoxy) is 1. The fourth-order valence-electron chi connectivity index (χ4n) is 3.72. The normalized spacial score (nSPS) is 14.9. The molecule has 150 valence electrons. The van der Waals surface area contributed by atoms with Crippen molar-refractivity contribution in [1.29, 1.82) is 0 Å². The molecule has 0 spiro atoms. The third kappa shape index (κ3) is 3.83. The molecule has 1 aromatic carbocycles. The molecule has 0 radical (unpaired) electrons. The second-order valence-electron chi connectivity index (χ2n) is 7.22. The second-order valence-corrected chi connectivity index (χ2v) is 7.22. The highest BCUT2D eigenvalue weighted by molar-refractivity contribution is 5.85. The summed E-state index contributed by atoms with van der Waals surface area (Å²) in [6.07, 6.45) is 2.45. The number of rotatable bonds is 5. The van der Waals surface area contributed by atoms with E-state index >= 15 is 0 Å². The zero-order valence-corrected chi connectivity index (χ0v) is 16.5. The Labute approximate surface area is 168 Å². The van der Waals surface area contributed by atoms with Crippen LogP contribution in [0.3, 0.4) is 0 Å². The smallest absolute Gasteiger partial charge is 0.311 e. The Morgan fingerprint density at radius 1 is 1.14 bits per heavy atom. The van der Waals surface area contributed by atoms with Crippen LogP contribution in [0, 0.1) is 13.8 Å². The lowest BCUT2D eigenvalue weighted by Gasteiger charge is -2.23. The number of aromatic nitrogens is 4. The number of likely N-dealkylation sites (tertiary alicyclic amines) is 1. The number of fused-ring (bicyclic) bond motifs is 1. The maximum absolute atomic E-state index is 13.0. The van der Waals surface area contributed by atoms with Crippen LogP contribution >= 0.6 is 0 Å². The van der Waals surface area contributed by atoms with Crippen LogP contribution in [-0.4, -0.2) is 49.4 Å². The molecule has 1 amide bonds. The Balaban J connectivity index is 1.57. The third-order valence-electron chi connectivity index (χ3n) is 5.30. The van der Waals surface area contributed by atoms with Crippen molar-refractivity contribution in [2.75, 3.05) is 13.1 Å². The lowest BCUT2D eigenvalue weighted by atomic mass is 10.1. The van der Waals surface area contributed by atoms with Gasteiger partial charge in [0.1, 0.15) is 6.33 Å². The first-order valence-electron chi connectivity index (χ1n) is 9.73. The fraction of sp³-hybridized carbons (Fsp3) is 0.381. The Hall–Kier alpha value is -3.29. The van der Waals surface area contributed by atoms with Gasteiger partial charge in [-0.1, -0.05) is 30.3 Å². The highest BCUT2D eigenvalue weighted by atomic mass is 16.5. The summed E-state index contributed by atoms with van der Waals surface area (Å²) >= 11 is 0. The van der Waals surface area contributed by atoms with E-state index in [2.05, 4.69) is 15.1 Å². The number of carbonyl (C=O) groups is 2. The number of aryl methyl sites for hydroxylation is 2. The molecular weight excluding hydrogens is 370 g/mol. The van der Waals surface area contributed by atoms with Crippen LogP contribution in [0.4, 0.5) is 0 Å². The van der Waals surface area contributed by atoms with E-state index in [-0.39, 0.29) is 12.3 Å². The van der Waals surface area contributed by atoms with Gasteiger partial charge in [0, 0.05) is 35.6 Å². The molecular formula is C21H23N5O3. The molecule has 0 bridgehead atoms. The van der Waals surface area contributed by atoms with Crippen molar-refractivity contribution in [2.24, 2.45) is 0 Å². The topological polar surface area (TPSA) is 89.7 Å². The number of nitrogens with zero attached hydrogens (tertiary/aromatic N) is 5. The van der Waals surface area contributed by atoms with Crippen LogP contribution in [0.5, 0.6) is 0 Å². The second kappa shape index (κ2) is 7.98. The van der Waals surface area contributed by atoms with E-state index in [0.717, 1.165) is 24.1 Å². The SMILES string of the molecule is Cc1nc2ncnn2c(C)c1CC(=O)O[C@@H](C(=O)N1CCCC1)c1ccccc1. The summed E-state index contributed by atoms with van der Waals surface area (Å²) in [7, 11) is 0. The van der Waals surface area contributed by atoms with E-state index < -0.39 is 12.1 Å². The molecule has 3 aromatic rings. The van der Waals surface area contributed by atoms with Crippen molar-refractivity contribution < 1.29 is 14.3 Å². The Morgan fingerprint density at radius 3 is 2.59 bits per heavy atom. The van der Waals surface area contributed by atoms with Gasteiger partial charge in [-0.2, -0.15) is 10.1 Å². The molecule has 1 saturated heterocycles. The van der Waals surface area contributed by atoms with Gasteiger partial charge in [-0.05, 0) is 26.7 Å². The summed E-state index contributed by atoms with van der Waals surface area (Å²) in [5.74, 6) is -0.150. The third-order valence-corrected chi connectivity index (χ3v) is 5.30. The van der Waals surface area contributed by atoms with Crippen molar-refractivity contribution in [3.63, 3.8) is 0 Å². The summed E-state index contributed by atoms with van der Waals surface area (Å²) in [6.45, 7) is 5.09. The predicted octanol–water partition coefficient (Wildman–Crippen LogP) is 2.19. The summed E-state index contributed by atoms with van der Waals surface area (Å²) in [6, 6.07) is 9.17. The molecule has 1 fully saturated rings. The molecule has 0 aliphatic carbocycles. The maximum Gasteiger partial charge on any atom is 0.311 e. The van der Waals surface area contributed by atoms with Gasteiger partial charge >= 0.3 is 5.97 Å². The Morgan fingerprint density at radius 2 is 1.86 bits per heavy atom. The highest BCUT2D eigenvalue weighted by Gasteiger charge is 2.31. The van der Waals surface area contributed by atoms with Gasteiger partial charge in [0.25, 0.3) is 11.7 Å². The molecule has 0 N–H and O–H groups in total. The summed E-state index contributed by atoms with van der Waals surface area (Å²) < 4.78 is 7.31. The molecule has 0 saturated carbocycles. The van der Waals surface area contributed by atoms with Gasteiger partial charge < -0.3 is 9.64 Å². The first-order chi connectivity index (χ1) is 14.0. The number of hydrogen-bond acceptors (Lipinski definition) is 6. The van der Waals surface area contributed by atoms with Gasteiger partial charge in [-0.15, -0.1) is 0 Å². The number of amides is 1. The van der Waals surface area contributed by atoms with Crippen LogP contribution in [0.2, 0.25) is 0 Å². The minimum absolute atomic E-state index is 0.0110. The van der Waals surface area contributed by atoms with E-state index in [0.29, 0.717) is 30.1 Å². The number of hydrogen-bond donors (Lipinski definition) is 0. The van der Waals surface area contributed by atoms with E-state index in [9.17, 15) is 9.59 Å². The minimum Gasteiger partial charge on any atom is -0.447 e. The van der Waals surface area contributed by atoms with E-state index in [4.69, 9.17) is 4.74 Å². The molecule has 29 heavy (non-hydrogen) atoms. The molecule has 1 atom stereocenters. The molecule has 1 aliphatic heterocycles. The van der Waals surface area contributed by atoms with Crippen LogP contribution in [0.1, 0.15) is 41.5 Å². The van der Waals surface area contributed by atoms with Gasteiger partial charge in [-0.3, -0.25) is 9.59 Å². The number of esters is 1. The predicted molar refractivity (Wildman–Crippen MR) is 105 cm³/mol. The van der Waals surface area contributed by atoms with E-state index in [1.165, 1.54) is 6.33 Å². The van der Waals surface area contributed by atoms with Crippen molar-refractivity contribution in [3.8, 4) is 0 Å². The van der Waals surface area contributed by atoms with Gasteiger partial charge in [0.15, 0.2) is 0 Å². The van der Waals surface area contributed by atoms with Crippen LogP contribution in [0.25, 0.3) is 5.78 Å².